The molecule has 0 atom stereocenters. The van der Waals surface area contributed by atoms with Crippen LogP contribution >= 0.6 is 0 Å². The molecule has 0 radical (unpaired) electrons. The Morgan fingerprint density at radius 3 is 2.64 bits per heavy atom. The van der Waals surface area contributed by atoms with Gasteiger partial charge in [0.1, 0.15) is 5.82 Å². The molecule has 5 nitrogen and oxygen atoms in total. The normalized spacial score (nSPS) is 9.57. The summed E-state index contributed by atoms with van der Waals surface area (Å²) in [5.74, 6) is -0.698. The zero-order valence-electron chi connectivity index (χ0n) is 8.05. The van der Waals surface area contributed by atoms with Crippen LogP contribution in [0.5, 0.6) is 0 Å². The summed E-state index contributed by atoms with van der Waals surface area (Å²) in [4.78, 5) is 28.9. The predicted octanol–water partition coefficient (Wildman–Crippen LogP) is 0.584. The lowest BCUT2D eigenvalue weighted by molar-refractivity contribution is -0.116. The number of ketones is 1. The molecule has 5 heteroatoms. The molecule has 0 spiro atoms. The topological polar surface area (TPSA) is 74.3 Å². The van der Waals surface area contributed by atoms with Gasteiger partial charge in [-0.2, -0.15) is 0 Å². The first-order chi connectivity index (χ1) is 6.61. The quantitative estimate of drug-likeness (QED) is 0.418. The summed E-state index contributed by atoms with van der Waals surface area (Å²) in [5.41, 5.74) is 0.959. The van der Waals surface area contributed by atoms with E-state index in [1.807, 2.05) is 0 Å². The molecule has 0 aliphatic carbocycles. The van der Waals surface area contributed by atoms with E-state index >= 15 is 0 Å². The van der Waals surface area contributed by atoms with Gasteiger partial charge >= 0.3 is 0 Å². The first kappa shape index (κ1) is 10.2. The second-order valence-corrected chi connectivity index (χ2v) is 2.74. The van der Waals surface area contributed by atoms with Gasteiger partial charge in [0.05, 0.1) is 5.56 Å². The van der Waals surface area contributed by atoms with Crippen molar-refractivity contribution >= 4 is 24.2 Å². The van der Waals surface area contributed by atoms with Crippen LogP contribution in [0.15, 0.2) is 11.2 Å². The number of amides is 1. The fourth-order valence-electron chi connectivity index (χ4n) is 1.12. The Kier molecular flexibility index (Phi) is 2.81. The standard InChI is InChI=1S/C9H11N3O2/c1-5-6(4-12-8(5)10-2)7(13)9(14)11-3/h4,12H,2H2,1,3H3,(H,11,14). The van der Waals surface area contributed by atoms with Crippen molar-refractivity contribution in [3.05, 3.63) is 17.3 Å². The number of aliphatic imine (C=N–C) groups is 1. The number of carbonyl (C=O) groups excluding carboxylic acids is 2. The van der Waals surface area contributed by atoms with E-state index in [0.29, 0.717) is 16.9 Å². The molecule has 0 unspecified atom stereocenters. The third-order valence-electron chi connectivity index (χ3n) is 1.95. The van der Waals surface area contributed by atoms with Gasteiger partial charge in [0.15, 0.2) is 0 Å². The van der Waals surface area contributed by atoms with Crippen LogP contribution in [0.4, 0.5) is 5.82 Å². The molecule has 1 aromatic rings. The van der Waals surface area contributed by atoms with Crippen LogP contribution in [0.2, 0.25) is 0 Å². The molecule has 1 rings (SSSR count). The maximum Gasteiger partial charge on any atom is 0.292 e. The van der Waals surface area contributed by atoms with E-state index in [9.17, 15) is 9.59 Å². The zero-order chi connectivity index (χ0) is 10.7. The second-order valence-electron chi connectivity index (χ2n) is 2.74. The smallest absolute Gasteiger partial charge is 0.292 e. The summed E-state index contributed by atoms with van der Waals surface area (Å²) in [7, 11) is 1.41. The van der Waals surface area contributed by atoms with Crippen molar-refractivity contribution in [2.24, 2.45) is 4.99 Å². The summed E-state index contributed by atoms with van der Waals surface area (Å²) in [5, 5.41) is 2.27. The number of aromatic nitrogens is 1. The van der Waals surface area contributed by atoms with Crippen LogP contribution in [-0.4, -0.2) is 30.4 Å². The van der Waals surface area contributed by atoms with Crippen molar-refractivity contribution in [3.8, 4) is 0 Å². The van der Waals surface area contributed by atoms with E-state index in [4.69, 9.17) is 0 Å². The van der Waals surface area contributed by atoms with Gasteiger partial charge in [0, 0.05) is 18.8 Å². The predicted molar refractivity (Wildman–Crippen MR) is 53.1 cm³/mol. The molecule has 0 fully saturated rings. The van der Waals surface area contributed by atoms with Crippen LogP contribution in [0.3, 0.4) is 0 Å². The van der Waals surface area contributed by atoms with E-state index in [0.717, 1.165) is 0 Å². The highest BCUT2D eigenvalue weighted by molar-refractivity contribution is 6.43. The number of nitrogens with one attached hydrogen (secondary N) is 2. The van der Waals surface area contributed by atoms with Crippen molar-refractivity contribution in [1.29, 1.82) is 0 Å². The molecule has 1 aromatic heterocycles. The minimum Gasteiger partial charge on any atom is -0.352 e. The monoisotopic (exact) mass is 193 g/mol. The molecule has 2 N–H and O–H groups in total. The summed E-state index contributed by atoms with van der Waals surface area (Å²) in [6.45, 7) is 5.04. The van der Waals surface area contributed by atoms with E-state index in [1.54, 1.807) is 6.92 Å². The molecule has 0 aliphatic heterocycles. The van der Waals surface area contributed by atoms with Crippen LogP contribution in [0.1, 0.15) is 15.9 Å². The second kappa shape index (κ2) is 3.87. The molecule has 74 valence electrons. The average Bonchev–Trinajstić information content (AvgIpc) is 2.57. The van der Waals surface area contributed by atoms with E-state index in [2.05, 4.69) is 22.0 Å². The molecule has 0 saturated carbocycles. The molecule has 0 saturated heterocycles. The van der Waals surface area contributed by atoms with E-state index in [1.165, 1.54) is 13.2 Å². The number of Topliss-reactive ketones (excluding diaryl/α,β-unsaturated/α-hetero) is 1. The van der Waals surface area contributed by atoms with Gasteiger partial charge in [-0.15, -0.1) is 0 Å². The first-order valence-corrected chi connectivity index (χ1v) is 4.03. The number of aromatic amines is 1. The summed E-state index contributed by atoms with van der Waals surface area (Å²) < 4.78 is 0. The molecule has 1 heterocycles. The molecule has 0 aromatic carbocycles. The number of nitrogens with zero attached hydrogens (tertiary/aromatic N) is 1. The van der Waals surface area contributed by atoms with Gasteiger partial charge in [-0.3, -0.25) is 9.59 Å². The van der Waals surface area contributed by atoms with Gasteiger partial charge in [-0.1, -0.05) is 0 Å². The van der Waals surface area contributed by atoms with Gasteiger partial charge in [0.25, 0.3) is 11.7 Å². The number of hydrogen-bond donors (Lipinski definition) is 2. The third-order valence-corrected chi connectivity index (χ3v) is 1.95. The molecule has 14 heavy (non-hydrogen) atoms. The van der Waals surface area contributed by atoms with Crippen LogP contribution in [-0.2, 0) is 4.79 Å². The molecule has 0 aliphatic rings. The lowest BCUT2D eigenvalue weighted by Gasteiger charge is -1.97. The molecular formula is C9H11N3O2. The highest BCUT2D eigenvalue weighted by Gasteiger charge is 2.19. The lowest BCUT2D eigenvalue weighted by atomic mass is 10.1. The van der Waals surface area contributed by atoms with Gasteiger partial charge in [-0.05, 0) is 13.6 Å². The fraction of sp³-hybridized carbons (Fsp3) is 0.222. The zero-order valence-corrected chi connectivity index (χ0v) is 8.05. The Hall–Kier alpha value is -1.91. The van der Waals surface area contributed by atoms with Crippen LogP contribution in [0, 0.1) is 6.92 Å². The Morgan fingerprint density at radius 1 is 1.57 bits per heavy atom. The van der Waals surface area contributed by atoms with E-state index < -0.39 is 11.7 Å². The lowest BCUT2D eigenvalue weighted by Crippen LogP contribution is -2.27. The number of likely N-dealkylation sites (N-methyl/N-ethyl adjacent to an activating group) is 1. The van der Waals surface area contributed by atoms with Gasteiger partial charge < -0.3 is 10.3 Å². The number of hydrogen-bond acceptors (Lipinski definition) is 3. The van der Waals surface area contributed by atoms with Crippen molar-refractivity contribution in [3.63, 3.8) is 0 Å². The fourth-order valence-corrected chi connectivity index (χ4v) is 1.12. The summed E-state index contributed by atoms with van der Waals surface area (Å²) >= 11 is 0. The first-order valence-electron chi connectivity index (χ1n) is 4.03. The van der Waals surface area contributed by atoms with Gasteiger partial charge in [0.2, 0.25) is 0 Å². The third kappa shape index (κ3) is 1.56. The number of carbonyl (C=O) groups is 2. The van der Waals surface area contributed by atoms with Crippen LogP contribution in [0.25, 0.3) is 0 Å². The summed E-state index contributed by atoms with van der Waals surface area (Å²) in [6.07, 6.45) is 1.46. The Bertz CT molecular complexity index is 393. The Balaban J connectivity index is 3.08. The van der Waals surface area contributed by atoms with Crippen molar-refractivity contribution in [1.82, 2.24) is 10.3 Å². The van der Waals surface area contributed by atoms with Crippen LogP contribution < -0.4 is 5.32 Å². The maximum absolute atomic E-state index is 11.4. The summed E-state index contributed by atoms with van der Waals surface area (Å²) in [6, 6.07) is 0. The maximum atomic E-state index is 11.4. The van der Waals surface area contributed by atoms with Crippen molar-refractivity contribution < 1.29 is 9.59 Å². The van der Waals surface area contributed by atoms with E-state index in [-0.39, 0.29) is 0 Å². The highest BCUT2D eigenvalue weighted by atomic mass is 16.2. The highest BCUT2D eigenvalue weighted by Crippen LogP contribution is 2.20. The van der Waals surface area contributed by atoms with Gasteiger partial charge in [-0.25, -0.2) is 4.99 Å². The minimum atomic E-state index is -0.636. The average molecular weight is 193 g/mol. The number of rotatable bonds is 3. The molecule has 1 amide bonds. The largest absolute Gasteiger partial charge is 0.352 e. The minimum absolute atomic E-state index is 0.326. The van der Waals surface area contributed by atoms with Crippen molar-refractivity contribution in [2.75, 3.05) is 7.05 Å². The molecular weight excluding hydrogens is 182 g/mol. The Morgan fingerprint density at radius 2 is 2.21 bits per heavy atom. The van der Waals surface area contributed by atoms with Crippen molar-refractivity contribution in [2.45, 2.75) is 6.92 Å². The number of H-pyrrole nitrogens is 1. The Labute approximate surface area is 81.2 Å². The molecule has 0 bridgehead atoms. The SMILES string of the molecule is C=Nc1[nH]cc(C(=O)C(=O)NC)c1C.